The maximum atomic E-state index is 9.18. The van der Waals surface area contributed by atoms with Crippen molar-refractivity contribution >= 4 is 5.71 Å². The van der Waals surface area contributed by atoms with Gasteiger partial charge in [-0.05, 0) is 12.1 Å². The molecule has 3 rings (SSSR count). The molecule has 19 heavy (non-hydrogen) atoms. The molecule has 2 aliphatic heterocycles. The van der Waals surface area contributed by atoms with E-state index < -0.39 is 0 Å². The predicted octanol–water partition coefficient (Wildman–Crippen LogP) is 1.48. The highest BCUT2D eigenvalue weighted by atomic mass is 16.7. The Labute approximate surface area is 110 Å². The average Bonchev–Trinajstić information content (AvgIpc) is 3.03. The van der Waals surface area contributed by atoms with Crippen molar-refractivity contribution in [3.63, 3.8) is 0 Å². The Bertz CT molecular complexity index is 528. The van der Waals surface area contributed by atoms with Crippen molar-refractivity contribution in [1.82, 2.24) is 0 Å². The van der Waals surface area contributed by atoms with Gasteiger partial charge >= 0.3 is 0 Å². The van der Waals surface area contributed by atoms with E-state index in [1.54, 1.807) is 7.11 Å². The molecule has 0 saturated heterocycles. The van der Waals surface area contributed by atoms with Crippen LogP contribution in [-0.4, -0.2) is 31.3 Å². The van der Waals surface area contributed by atoms with Gasteiger partial charge in [0.25, 0.3) is 0 Å². The lowest BCUT2D eigenvalue weighted by Crippen LogP contribution is -2.16. The molecule has 0 fully saturated rings. The summed E-state index contributed by atoms with van der Waals surface area (Å²) in [5.74, 6) is 1.87. The highest BCUT2D eigenvalue weighted by Gasteiger charge is 2.33. The zero-order valence-electron chi connectivity index (χ0n) is 10.8. The van der Waals surface area contributed by atoms with Crippen molar-refractivity contribution in [2.45, 2.75) is 13.0 Å². The van der Waals surface area contributed by atoms with Crippen molar-refractivity contribution in [3.05, 3.63) is 17.7 Å². The number of nitrogens with zero attached hydrogens (tertiary/aromatic N) is 1. The smallest absolute Gasteiger partial charge is 0.231 e. The van der Waals surface area contributed by atoms with Crippen molar-refractivity contribution in [3.8, 4) is 17.2 Å². The van der Waals surface area contributed by atoms with Crippen LogP contribution in [0.1, 0.15) is 18.6 Å². The molecule has 0 unspecified atom stereocenters. The number of methoxy groups -OCH3 is 1. The van der Waals surface area contributed by atoms with E-state index in [4.69, 9.17) is 19.0 Å². The number of fused-ring (bicyclic) bond motifs is 1. The Morgan fingerprint density at radius 2 is 2.26 bits per heavy atom. The first kappa shape index (κ1) is 12.1. The Morgan fingerprint density at radius 1 is 1.42 bits per heavy atom. The maximum Gasteiger partial charge on any atom is 0.231 e. The number of hydrogen-bond acceptors (Lipinski definition) is 6. The predicted molar refractivity (Wildman–Crippen MR) is 66.6 cm³/mol. The lowest BCUT2D eigenvalue weighted by molar-refractivity contribution is 0.0650. The average molecular weight is 265 g/mol. The van der Waals surface area contributed by atoms with Crippen LogP contribution >= 0.6 is 0 Å². The molecule has 0 radical (unpaired) electrons. The first-order chi connectivity index (χ1) is 9.24. The van der Waals surface area contributed by atoms with Crippen LogP contribution in [0.4, 0.5) is 0 Å². The number of aliphatic hydroxyl groups excluding tert-OH is 1. The molecule has 1 N–H and O–H groups in total. The standard InChI is InChI=1S/C13H15NO5/c1-7-9(5-15)14-19-12(7)8-3-10(16-2)13-11(4-8)17-6-18-13/h3-4,7,12,15H,5-6H2,1-2H3/t7-,12-/m1/s1. The minimum Gasteiger partial charge on any atom is -0.493 e. The molecule has 102 valence electrons. The molecule has 6 nitrogen and oxygen atoms in total. The van der Waals surface area contributed by atoms with Gasteiger partial charge in [0.2, 0.25) is 12.5 Å². The molecule has 0 aromatic heterocycles. The quantitative estimate of drug-likeness (QED) is 0.896. The Morgan fingerprint density at radius 3 is 2.95 bits per heavy atom. The summed E-state index contributed by atoms with van der Waals surface area (Å²) < 4.78 is 16.0. The van der Waals surface area contributed by atoms with Gasteiger partial charge in [0, 0.05) is 11.5 Å². The molecule has 1 aromatic carbocycles. The van der Waals surface area contributed by atoms with Crippen LogP contribution in [0.5, 0.6) is 17.2 Å². The monoisotopic (exact) mass is 265 g/mol. The number of aliphatic hydroxyl groups is 1. The summed E-state index contributed by atoms with van der Waals surface area (Å²) in [5, 5.41) is 13.1. The van der Waals surface area contributed by atoms with Crippen molar-refractivity contribution in [1.29, 1.82) is 0 Å². The third-order valence-electron chi connectivity index (χ3n) is 3.43. The van der Waals surface area contributed by atoms with Crippen LogP contribution in [0.3, 0.4) is 0 Å². The zero-order chi connectivity index (χ0) is 13.4. The molecule has 0 saturated carbocycles. The van der Waals surface area contributed by atoms with E-state index in [2.05, 4.69) is 5.16 Å². The zero-order valence-corrected chi connectivity index (χ0v) is 10.8. The second-order valence-electron chi connectivity index (χ2n) is 4.51. The summed E-state index contributed by atoms with van der Waals surface area (Å²) in [6, 6.07) is 3.71. The van der Waals surface area contributed by atoms with Crippen LogP contribution in [0.15, 0.2) is 17.3 Å². The van der Waals surface area contributed by atoms with Crippen molar-refractivity contribution in [2.75, 3.05) is 20.5 Å². The fourth-order valence-electron chi connectivity index (χ4n) is 2.31. The first-order valence-corrected chi connectivity index (χ1v) is 6.05. The molecular formula is C13H15NO5. The van der Waals surface area contributed by atoms with Crippen LogP contribution in [-0.2, 0) is 4.84 Å². The normalized spacial score (nSPS) is 24.1. The number of rotatable bonds is 3. The molecular weight excluding hydrogens is 250 g/mol. The van der Waals surface area contributed by atoms with E-state index >= 15 is 0 Å². The van der Waals surface area contributed by atoms with Gasteiger partial charge in [-0.2, -0.15) is 0 Å². The summed E-state index contributed by atoms with van der Waals surface area (Å²) in [5.41, 5.74) is 1.53. The van der Waals surface area contributed by atoms with Gasteiger partial charge < -0.3 is 24.2 Å². The fourth-order valence-corrected chi connectivity index (χ4v) is 2.31. The molecule has 0 amide bonds. The largest absolute Gasteiger partial charge is 0.493 e. The summed E-state index contributed by atoms with van der Waals surface area (Å²) in [7, 11) is 1.58. The molecule has 0 aliphatic carbocycles. The molecule has 1 aromatic rings. The van der Waals surface area contributed by atoms with Crippen molar-refractivity contribution < 1.29 is 24.2 Å². The van der Waals surface area contributed by atoms with Crippen LogP contribution in [0.2, 0.25) is 0 Å². The molecule has 0 spiro atoms. The minimum atomic E-state index is -0.245. The summed E-state index contributed by atoms with van der Waals surface area (Å²) in [6.45, 7) is 2.05. The number of oxime groups is 1. The second-order valence-corrected chi connectivity index (χ2v) is 4.51. The van der Waals surface area contributed by atoms with Gasteiger partial charge in [-0.15, -0.1) is 0 Å². The lowest BCUT2D eigenvalue weighted by Gasteiger charge is -2.16. The third kappa shape index (κ3) is 1.88. The maximum absolute atomic E-state index is 9.18. The summed E-state index contributed by atoms with van der Waals surface area (Å²) in [6.07, 6.45) is -0.245. The van der Waals surface area contributed by atoms with E-state index in [1.807, 2.05) is 19.1 Å². The highest BCUT2D eigenvalue weighted by molar-refractivity contribution is 5.88. The SMILES string of the molecule is COc1cc([C@@H]2ON=C(CO)[C@H]2C)cc2c1OCO2. The van der Waals surface area contributed by atoms with Gasteiger partial charge in [-0.25, -0.2) is 0 Å². The molecule has 6 heteroatoms. The summed E-state index contributed by atoms with van der Waals surface area (Å²) >= 11 is 0. The van der Waals surface area contributed by atoms with Gasteiger partial charge in [0.05, 0.1) is 19.4 Å². The first-order valence-electron chi connectivity index (χ1n) is 6.05. The number of ether oxygens (including phenoxy) is 3. The van der Waals surface area contributed by atoms with E-state index in [0.29, 0.717) is 23.0 Å². The number of hydrogen-bond donors (Lipinski definition) is 1. The Hall–Kier alpha value is -1.95. The molecule has 2 aliphatic rings. The van der Waals surface area contributed by atoms with Crippen LogP contribution in [0.25, 0.3) is 0 Å². The van der Waals surface area contributed by atoms with Crippen LogP contribution in [0, 0.1) is 5.92 Å². The van der Waals surface area contributed by atoms with E-state index in [-0.39, 0.29) is 25.4 Å². The van der Waals surface area contributed by atoms with Crippen molar-refractivity contribution in [2.24, 2.45) is 11.1 Å². The molecule has 2 atom stereocenters. The van der Waals surface area contributed by atoms with E-state index in [0.717, 1.165) is 5.56 Å². The molecule has 0 bridgehead atoms. The van der Waals surface area contributed by atoms with Gasteiger partial charge in [-0.1, -0.05) is 12.1 Å². The van der Waals surface area contributed by atoms with Crippen LogP contribution < -0.4 is 14.2 Å². The lowest BCUT2D eigenvalue weighted by atomic mass is 9.94. The molecule has 2 heterocycles. The van der Waals surface area contributed by atoms with Gasteiger partial charge in [0.15, 0.2) is 17.6 Å². The fraction of sp³-hybridized carbons (Fsp3) is 0.462. The third-order valence-corrected chi connectivity index (χ3v) is 3.43. The van der Waals surface area contributed by atoms with E-state index in [9.17, 15) is 5.11 Å². The second kappa shape index (κ2) is 4.62. The highest BCUT2D eigenvalue weighted by Crippen LogP contribution is 2.45. The van der Waals surface area contributed by atoms with E-state index in [1.165, 1.54) is 0 Å². The Kier molecular flexibility index (Phi) is 2.94. The van der Waals surface area contributed by atoms with Gasteiger partial charge in [-0.3, -0.25) is 0 Å². The minimum absolute atomic E-state index is 0.00933. The topological polar surface area (TPSA) is 69.5 Å². The Balaban J connectivity index is 1.95. The van der Waals surface area contributed by atoms with Gasteiger partial charge in [0.1, 0.15) is 0 Å². The summed E-state index contributed by atoms with van der Waals surface area (Å²) in [4.78, 5) is 5.39. The number of benzene rings is 1.